The zero-order chi connectivity index (χ0) is 20.2. The van der Waals surface area contributed by atoms with E-state index in [2.05, 4.69) is 22.0 Å². The third-order valence-corrected chi connectivity index (χ3v) is 4.42. The summed E-state index contributed by atoms with van der Waals surface area (Å²) in [6, 6.07) is 3.54. The maximum absolute atomic E-state index is 13.4. The Bertz CT molecular complexity index is 781. The minimum Gasteiger partial charge on any atom is -0.301 e. The molecule has 0 atom stereocenters. The molecule has 0 aliphatic heterocycles. The van der Waals surface area contributed by atoms with E-state index < -0.39 is 11.7 Å². The highest BCUT2D eigenvalue weighted by molar-refractivity contribution is 5.98. The number of carbonyl (C=O) groups excluding carboxylic acids is 1. The number of hydrogen-bond donors (Lipinski definition) is 1. The number of unbranched alkanes of at least 4 members (excludes halogenated alkanes) is 1. The predicted octanol–water partition coefficient (Wildman–Crippen LogP) is 5.17. The van der Waals surface area contributed by atoms with Gasteiger partial charge < -0.3 is 4.90 Å². The van der Waals surface area contributed by atoms with E-state index in [4.69, 9.17) is 0 Å². The molecule has 0 saturated carbocycles. The van der Waals surface area contributed by atoms with Gasteiger partial charge in [-0.3, -0.25) is 9.89 Å². The minimum atomic E-state index is -4.52. The van der Waals surface area contributed by atoms with Crippen LogP contribution in [0, 0.1) is 5.92 Å². The SMILES string of the molecule is CCCCN(C)Cc1[nH]ncc1-c1cc(C(=O)C(C)C)cc(C(F)(F)F)c1. The molecule has 2 rings (SSSR count). The van der Waals surface area contributed by atoms with Gasteiger partial charge in [0.05, 0.1) is 17.5 Å². The lowest BCUT2D eigenvalue weighted by Gasteiger charge is -2.17. The van der Waals surface area contributed by atoms with E-state index in [1.807, 2.05) is 7.05 Å². The maximum atomic E-state index is 13.4. The molecule has 148 valence electrons. The Morgan fingerprint density at radius 3 is 2.56 bits per heavy atom. The average Bonchev–Trinajstić information content (AvgIpc) is 3.06. The van der Waals surface area contributed by atoms with Gasteiger partial charge in [-0.15, -0.1) is 0 Å². The van der Waals surface area contributed by atoms with Gasteiger partial charge in [-0.25, -0.2) is 0 Å². The molecular weight excluding hydrogens is 355 g/mol. The van der Waals surface area contributed by atoms with Crippen molar-refractivity contribution in [2.45, 2.75) is 46.3 Å². The monoisotopic (exact) mass is 381 g/mol. The predicted molar refractivity (Wildman–Crippen MR) is 99.4 cm³/mol. The van der Waals surface area contributed by atoms with Crippen molar-refractivity contribution in [3.63, 3.8) is 0 Å². The molecular formula is C20H26F3N3O. The Kier molecular flexibility index (Phi) is 6.81. The number of aromatic nitrogens is 2. The second-order valence-electron chi connectivity index (χ2n) is 7.17. The molecule has 0 saturated heterocycles. The second kappa shape index (κ2) is 8.69. The summed E-state index contributed by atoms with van der Waals surface area (Å²) in [5, 5.41) is 6.90. The first kappa shape index (κ1) is 21.2. The van der Waals surface area contributed by atoms with Crippen LogP contribution in [0.4, 0.5) is 13.2 Å². The quantitative estimate of drug-likeness (QED) is 0.642. The van der Waals surface area contributed by atoms with Gasteiger partial charge >= 0.3 is 6.18 Å². The van der Waals surface area contributed by atoms with Gasteiger partial charge in [0, 0.05) is 23.6 Å². The molecule has 27 heavy (non-hydrogen) atoms. The van der Waals surface area contributed by atoms with Gasteiger partial charge in [-0.05, 0) is 43.8 Å². The van der Waals surface area contributed by atoms with Crippen LogP contribution in [-0.2, 0) is 12.7 Å². The molecule has 2 aromatic rings. The van der Waals surface area contributed by atoms with Crippen molar-refractivity contribution < 1.29 is 18.0 Å². The molecule has 0 bridgehead atoms. The Hall–Kier alpha value is -2.15. The summed E-state index contributed by atoms with van der Waals surface area (Å²) < 4.78 is 40.1. The van der Waals surface area contributed by atoms with Gasteiger partial charge in [-0.2, -0.15) is 18.3 Å². The second-order valence-corrected chi connectivity index (χ2v) is 7.17. The molecule has 0 fully saturated rings. The van der Waals surface area contributed by atoms with Gasteiger partial charge in [0.1, 0.15) is 0 Å². The zero-order valence-corrected chi connectivity index (χ0v) is 16.2. The number of nitrogens with zero attached hydrogens (tertiary/aromatic N) is 2. The van der Waals surface area contributed by atoms with E-state index in [-0.39, 0.29) is 17.3 Å². The van der Waals surface area contributed by atoms with Crippen molar-refractivity contribution in [2.75, 3.05) is 13.6 Å². The molecule has 1 N–H and O–H groups in total. The topological polar surface area (TPSA) is 49.0 Å². The molecule has 0 aliphatic carbocycles. The van der Waals surface area contributed by atoms with Crippen LogP contribution < -0.4 is 0 Å². The van der Waals surface area contributed by atoms with Crippen LogP contribution in [0.15, 0.2) is 24.4 Å². The summed E-state index contributed by atoms with van der Waals surface area (Å²) in [5.74, 6) is -0.696. The largest absolute Gasteiger partial charge is 0.416 e. The van der Waals surface area contributed by atoms with Crippen LogP contribution in [0.2, 0.25) is 0 Å². The normalized spacial score (nSPS) is 12.2. The molecule has 0 spiro atoms. The zero-order valence-electron chi connectivity index (χ0n) is 16.2. The van der Waals surface area contributed by atoms with E-state index in [1.54, 1.807) is 13.8 Å². The summed E-state index contributed by atoms with van der Waals surface area (Å²) in [6.07, 6.45) is -0.906. The summed E-state index contributed by atoms with van der Waals surface area (Å²) in [7, 11) is 1.96. The summed E-state index contributed by atoms with van der Waals surface area (Å²) >= 11 is 0. The van der Waals surface area contributed by atoms with Crippen LogP contribution in [0.3, 0.4) is 0 Å². The van der Waals surface area contributed by atoms with Crippen molar-refractivity contribution in [2.24, 2.45) is 5.92 Å². The van der Waals surface area contributed by atoms with Crippen molar-refractivity contribution in [3.8, 4) is 11.1 Å². The summed E-state index contributed by atoms with van der Waals surface area (Å²) in [4.78, 5) is 14.4. The lowest BCUT2D eigenvalue weighted by molar-refractivity contribution is -0.137. The number of benzene rings is 1. The minimum absolute atomic E-state index is 0.0707. The number of halogens is 3. The van der Waals surface area contributed by atoms with Crippen LogP contribution in [0.5, 0.6) is 0 Å². The highest BCUT2D eigenvalue weighted by Gasteiger charge is 2.32. The van der Waals surface area contributed by atoms with E-state index in [0.717, 1.165) is 37.2 Å². The molecule has 1 aromatic carbocycles. The number of nitrogens with one attached hydrogen (secondary N) is 1. The fourth-order valence-electron chi connectivity index (χ4n) is 2.88. The standard InChI is InChI=1S/C20H26F3N3O/c1-5-6-7-26(4)12-18-17(11-24-25-18)14-8-15(19(27)13(2)3)10-16(9-14)20(21,22)23/h8-11,13H,5-7,12H2,1-4H3,(H,24,25). The van der Waals surface area contributed by atoms with E-state index >= 15 is 0 Å². The Labute approximate surface area is 157 Å². The van der Waals surface area contributed by atoms with Crippen LogP contribution >= 0.6 is 0 Å². The number of alkyl halides is 3. The molecule has 1 aromatic heterocycles. The third kappa shape index (κ3) is 5.42. The Morgan fingerprint density at radius 1 is 1.26 bits per heavy atom. The number of rotatable bonds is 8. The molecule has 1 heterocycles. The van der Waals surface area contributed by atoms with Gasteiger partial charge in [-0.1, -0.05) is 27.2 Å². The maximum Gasteiger partial charge on any atom is 0.416 e. The van der Waals surface area contributed by atoms with Crippen LogP contribution in [-0.4, -0.2) is 34.5 Å². The molecule has 4 nitrogen and oxygen atoms in total. The summed E-state index contributed by atoms with van der Waals surface area (Å²) in [6.45, 7) is 6.88. The van der Waals surface area contributed by atoms with Crippen molar-refractivity contribution in [1.29, 1.82) is 0 Å². The fraction of sp³-hybridized carbons (Fsp3) is 0.500. The lowest BCUT2D eigenvalue weighted by Crippen LogP contribution is -2.19. The number of Topliss-reactive ketones (excluding diaryl/α,β-unsaturated/α-hetero) is 1. The number of hydrogen-bond acceptors (Lipinski definition) is 3. The number of aromatic amines is 1. The van der Waals surface area contributed by atoms with Crippen molar-refractivity contribution >= 4 is 5.78 Å². The average molecular weight is 381 g/mol. The first-order valence-electron chi connectivity index (χ1n) is 9.11. The Morgan fingerprint density at radius 2 is 1.96 bits per heavy atom. The lowest BCUT2D eigenvalue weighted by atomic mass is 9.94. The number of carbonyl (C=O) groups is 1. The molecule has 0 aliphatic rings. The van der Waals surface area contributed by atoms with Gasteiger partial charge in [0.25, 0.3) is 0 Å². The van der Waals surface area contributed by atoms with Crippen molar-refractivity contribution in [3.05, 3.63) is 41.2 Å². The van der Waals surface area contributed by atoms with Gasteiger partial charge in [0.2, 0.25) is 0 Å². The van der Waals surface area contributed by atoms with Crippen LogP contribution in [0.25, 0.3) is 11.1 Å². The third-order valence-electron chi connectivity index (χ3n) is 4.42. The number of ketones is 1. The molecule has 0 radical (unpaired) electrons. The van der Waals surface area contributed by atoms with Crippen LogP contribution in [0.1, 0.15) is 55.2 Å². The van der Waals surface area contributed by atoms with Crippen molar-refractivity contribution in [1.82, 2.24) is 15.1 Å². The van der Waals surface area contributed by atoms with E-state index in [9.17, 15) is 18.0 Å². The Balaban J connectivity index is 2.45. The highest BCUT2D eigenvalue weighted by Crippen LogP contribution is 2.35. The summed E-state index contributed by atoms with van der Waals surface area (Å²) in [5.41, 5.74) is 0.913. The first-order chi connectivity index (χ1) is 12.6. The number of H-pyrrole nitrogens is 1. The molecule has 0 amide bonds. The van der Waals surface area contributed by atoms with E-state index in [0.29, 0.717) is 17.7 Å². The first-order valence-corrected chi connectivity index (χ1v) is 9.11. The highest BCUT2D eigenvalue weighted by atomic mass is 19.4. The molecule has 7 heteroatoms. The van der Waals surface area contributed by atoms with Gasteiger partial charge in [0.15, 0.2) is 5.78 Å². The molecule has 0 unspecified atom stereocenters. The van der Waals surface area contributed by atoms with E-state index in [1.165, 1.54) is 12.3 Å². The smallest absolute Gasteiger partial charge is 0.301 e. The fourth-order valence-corrected chi connectivity index (χ4v) is 2.88.